The minimum absolute atomic E-state index is 0. The summed E-state index contributed by atoms with van der Waals surface area (Å²) >= 11 is 0. The molecule has 1 atom stereocenters. The summed E-state index contributed by atoms with van der Waals surface area (Å²) in [6.07, 6.45) is 0.803. The lowest BCUT2D eigenvalue weighted by Gasteiger charge is -2.38. The molecule has 0 radical (unpaired) electrons. The molecule has 1 aromatic carbocycles. The summed E-state index contributed by atoms with van der Waals surface area (Å²) < 4.78 is 16.5. The molecule has 0 spiro atoms. The maximum absolute atomic E-state index is 11.7. The standard InChI is InChI=1S/C21H27N3O4.HI/c1-13-16(19(25)26-5)10-14(27-13)12-23-20(22-4)24-17-11-21(2,3)28-18-9-7-6-8-15(17)18;/h6-10,17H,11-12H2,1-5H3,(H2,22,23,24);1H. The van der Waals surface area contributed by atoms with Gasteiger partial charge >= 0.3 is 5.97 Å². The van der Waals surface area contributed by atoms with Crippen molar-refractivity contribution in [3.63, 3.8) is 0 Å². The second-order valence-electron chi connectivity index (χ2n) is 7.40. The van der Waals surface area contributed by atoms with Crippen LogP contribution in [0.25, 0.3) is 0 Å². The largest absolute Gasteiger partial charge is 0.487 e. The van der Waals surface area contributed by atoms with Crippen molar-refractivity contribution in [2.45, 2.75) is 45.4 Å². The Morgan fingerprint density at radius 3 is 2.76 bits per heavy atom. The molecular formula is C21H28IN3O4. The zero-order valence-electron chi connectivity index (χ0n) is 17.4. The molecule has 2 N–H and O–H groups in total. The Bertz CT molecular complexity index is 892. The number of halogens is 1. The highest BCUT2D eigenvalue weighted by molar-refractivity contribution is 14.0. The van der Waals surface area contributed by atoms with Crippen LogP contribution in [0, 0.1) is 6.92 Å². The minimum atomic E-state index is -0.406. The van der Waals surface area contributed by atoms with Gasteiger partial charge in [0.1, 0.15) is 28.4 Å². The number of carbonyl (C=O) groups is 1. The van der Waals surface area contributed by atoms with Crippen LogP contribution in [0.1, 0.15) is 53.8 Å². The maximum Gasteiger partial charge on any atom is 0.341 e. The van der Waals surface area contributed by atoms with E-state index in [-0.39, 0.29) is 35.6 Å². The van der Waals surface area contributed by atoms with Gasteiger partial charge in [-0.15, -0.1) is 24.0 Å². The van der Waals surface area contributed by atoms with Crippen LogP contribution in [-0.4, -0.2) is 31.7 Å². The first-order valence-electron chi connectivity index (χ1n) is 9.25. The molecule has 0 fully saturated rings. The molecule has 3 rings (SSSR count). The van der Waals surface area contributed by atoms with Crippen molar-refractivity contribution in [1.29, 1.82) is 0 Å². The molecule has 2 aromatic rings. The van der Waals surface area contributed by atoms with E-state index in [4.69, 9.17) is 13.9 Å². The average Bonchev–Trinajstić information content (AvgIpc) is 3.04. The van der Waals surface area contributed by atoms with Gasteiger partial charge in [0.2, 0.25) is 0 Å². The number of furan rings is 1. The molecule has 0 saturated carbocycles. The highest BCUT2D eigenvalue weighted by Crippen LogP contribution is 2.39. The number of rotatable bonds is 4. The summed E-state index contributed by atoms with van der Waals surface area (Å²) in [4.78, 5) is 16.1. The van der Waals surface area contributed by atoms with Crippen LogP contribution in [-0.2, 0) is 11.3 Å². The smallest absolute Gasteiger partial charge is 0.341 e. The molecule has 1 unspecified atom stereocenters. The molecule has 2 heterocycles. The van der Waals surface area contributed by atoms with E-state index in [2.05, 4.69) is 35.5 Å². The van der Waals surface area contributed by atoms with Gasteiger partial charge in [-0.25, -0.2) is 4.79 Å². The van der Waals surface area contributed by atoms with Crippen molar-refractivity contribution in [3.05, 3.63) is 53.0 Å². The first-order chi connectivity index (χ1) is 13.3. The van der Waals surface area contributed by atoms with E-state index in [1.807, 2.05) is 18.2 Å². The monoisotopic (exact) mass is 513 g/mol. The number of nitrogens with zero attached hydrogens (tertiary/aromatic N) is 1. The predicted octanol–water partition coefficient (Wildman–Crippen LogP) is 3.96. The molecule has 0 saturated heterocycles. The number of fused-ring (bicyclic) bond motifs is 1. The van der Waals surface area contributed by atoms with E-state index in [1.54, 1.807) is 20.0 Å². The summed E-state index contributed by atoms with van der Waals surface area (Å²) in [5.74, 6) is 2.29. The van der Waals surface area contributed by atoms with Crippen molar-refractivity contribution in [1.82, 2.24) is 10.6 Å². The fraction of sp³-hybridized carbons (Fsp3) is 0.429. The van der Waals surface area contributed by atoms with E-state index >= 15 is 0 Å². The lowest BCUT2D eigenvalue weighted by molar-refractivity contribution is 0.0598. The third-order valence-electron chi connectivity index (χ3n) is 4.72. The Morgan fingerprint density at radius 1 is 1.34 bits per heavy atom. The molecule has 7 nitrogen and oxygen atoms in total. The van der Waals surface area contributed by atoms with Crippen LogP contribution in [0.15, 0.2) is 39.7 Å². The average molecular weight is 513 g/mol. The van der Waals surface area contributed by atoms with E-state index in [0.29, 0.717) is 29.6 Å². The number of benzene rings is 1. The number of aryl methyl sites for hydroxylation is 1. The van der Waals surface area contributed by atoms with Crippen LogP contribution in [0.5, 0.6) is 5.75 Å². The van der Waals surface area contributed by atoms with E-state index < -0.39 is 5.97 Å². The third-order valence-corrected chi connectivity index (χ3v) is 4.72. The van der Waals surface area contributed by atoms with Crippen molar-refractivity contribution in [2.75, 3.05) is 14.2 Å². The topological polar surface area (TPSA) is 85.1 Å². The number of hydrogen-bond acceptors (Lipinski definition) is 5. The minimum Gasteiger partial charge on any atom is -0.487 e. The van der Waals surface area contributed by atoms with Crippen LogP contribution >= 0.6 is 24.0 Å². The lowest BCUT2D eigenvalue weighted by atomic mass is 9.90. The molecule has 158 valence electrons. The number of carbonyl (C=O) groups excluding carboxylic acids is 1. The molecule has 0 bridgehead atoms. The molecule has 8 heteroatoms. The van der Waals surface area contributed by atoms with Gasteiger partial charge in [0, 0.05) is 19.0 Å². The summed E-state index contributed by atoms with van der Waals surface area (Å²) in [7, 11) is 3.07. The molecule has 1 aromatic heterocycles. The van der Waals surface area contributed by atoms with E-state index in [9.17, 15) is 4.79 Å². The first-order valence-corrected chi connectivity index (χ1v) is 9.25. The normalized spacial score (nSPS) is 17.4. The first kappa shape index (κ1) is 23.1. The number of aliphatic imine (C=N–C) groups is 1. The van der Waals surface area contributed by atoms with Gasteiger partial charge in [0.15, 0.2) is 5.96 Å². The quantitative estimate of drug-likeness (QED) is 0.279. The maximum atomic E-state index is 11.7. The van der Waals surface area contributed by atoms with Gasteiger partial charge in [-0.3, -0.25) is 4.99 Å². The fourth-order valence-corrected chi connectivity index (χ4v) is 3.40. The zero-order chi connectivity index (χ0) is 20.3. The van der Waals surface area contributed by atoms with Gasteiger partial charge in [-0.2, -0.15) is 0 Å². The number of esters is 1. The summed E-state index contributed by atoms with van der Waals surface area (Å²) in [5.41, 5.74) is 1.26. The number of para-hydroxylation sites is 1. The van der Waals surface area contributed by atoms with E-state index in [1.165, 1.54) is 7.11 Å². The fourth-order valence-electron chi connectivity index (χ4n) is 3.40. The predicted molar refractivity (Wildman–Crippen MR) is 122 cm³/mol. The Balaban J connectivity index is 0.00000300. The van der Waals surface area contributed by atoms with Crippen molar-refractivity contribution in [3.8, 4) is 5.75 Å². The van der Waals surface area contributed by atoms with Crippen molar-refractivity contribution < 1.29 is 18.7 Å². The Kier molecular flexibility index (Phi) is 7.56. The van der Waals surface area contributed by atoms with Crippen LogP contribution in [0.2, 0.25) is 0 Å². The van der Waals surface area contributed by atoms with Gasteiger partial charge in [0.05, 0.1) is 19.7 Å². The number of guanidine groups is 1. The molecule has 1 aliphatic heterocycles. The van der Waals surface area contributed by atoms with Crippen molar-refractivity contribution >= 4 is 35.9 Å². The number of methoxy groups -OCH3 is 1. The molecular weight excluding hydrogens is 485 g/mol. The Morgan fingerprint density at radius 2 is 2.07 bits per heavy atom. The summed E-state index contributed by atoms with van der Waals surface area (Å²) in [6, 6.07) is 9.78. The summed E-state index contributed by atoms with van der Waals surface area (Å²) in [6.45, 7) is 6.29. The second kappa shape index (κ2) is 9.51. The van der Waals surface area contributed by atoms with Gasteiger partial charge < -0.3 is 24.5 Å². The lowest BCUT2D eigenvalue weighted by Crippen LogP contribution is -2.45. The van der Waals surface area contributed by atoms with Crippen LogP contribution < -0.4 is 15.4 Å². The molecule has 29 heavy (non-hydrogen) atoms. The van der Waals surface area contributed by atoms with Gasteiger partial charge in [0.25, 0.3) is 0 Å². The SMILES string of the molecule is CN=C(NCc1cc(C(=O)OC)c(C)o1)NC1CC(C)(C)Oc2ccccc21.I. The molecule has 1 aliphatic rings. The summed E-state index contributed by atoms with van der Waals surface area (Å²) in [5, 5.41) is 6.71. The highest BCUT2D eigenvalue weighted by Gasteiger charge is 2.34. The second-order valence-corrected chi connectivity index (χ2v) is 7.40. The Labute approximate surface area is 188 Å². The van der Waals surface area contributed by atoms with Gasteiger partial charge in [-0.1, -0.05) is 18.2 Å². The van der Waals surface area contributed by atoms with Gasteiger partial charge in [-0.05, 0) is 32.9 Å². The van der Waals surface area contributed by atoms with Crippen LogP contribution in [0.3, 0.4) is 0 Å². The number of hydrogen-bond donors (Lipinski definition) is 2. The van der Waals surface area contributed by atoms with Crippen LogP contribution in [0.4, 0.5) is 0 Å². The third kappa shape index (κ3) is 5.43. The number of ether oxygens (including phenoxy) is 2. The Hall–Kier alpha value is -2.23. The molecule has 0 aliphatic carbocycles. The molecule has 0 amide bonds. The highest BCUT2D eigenvalue weighted by atomic mass is 127. The number of nitrogens with one attached hydrogen (secondary N) is 2. The van der Waals surface area contributed by atoms with Crippen molar-refractivity contribution in [2.24, 2.45) is 4.99 Å². The van der Waals surface area contributed by atoms with E-state index in [0.717, 1.165) is 17.7 Å². The zero-order valence-corrected chi connectivity index (χ0v) is 19.7.